The Morgan fingerprint density at radius 3 is 2.88 bits per heavy atom. The number of furan rings is 1. The Kier molecular flexibility index (Phi) is 5.73. The van der Waals surface area contributed by atoms with Gasteiger partial charge in [-0.05, 0) is 50.6 Å². The van der Waals surface area contributed by atoms with Gasteiger partial charge in [0.05, 0.1) is 5.92 Å². The molecule has 1 aliphatic rings. The molecule has 0 aliphatic carbocycles. The van der Waals surface area contributed by atoms with E-state index in [-0.39, 0.29) is 17.7 Å². The van der Waals surface area contributed by atoms with Crippen molar-refractivity contribution in [2.75, 3.05) is 26.2 Å². The lowest BCUT2D eigenvalue weighted by atomic mass is 9.97. The van der Waals surface area contributed by atoms with E-state index < -0.39 is 0 Å². The molecule has 0 spiro atoms. The predicted octanol–water partition coefficient (Wildman–Crippen LogP) is 2.18. The Morgan fingerprint density at radius 2 is 2.15 bits per heavy atom. The number of hydrogen-bond acceptors (Lipinski definition) is 4. The Hall–Kier alpha value is -2.60. The fraction of sp³-hybridized carbons (Fsp3) is 0.400. The maximum absolute atomic E-state index is 12.4. The molecule has 1 aliphatic heterocycles. The largest absolute Gasteiger partial charge is 0.461 e. The van der Waals surface area contributed by atoms with E-state index in [0.29, 0.717) is 25.2 Å². The second kappa shape index (κ2) is 8.19. The number of rotatable bonds is 6. The summed E-state index contributed by atoms with van der Waals surface area (Å²) in [5.41, 5.74) is 6.89. The number of piperidine rings is 1. The lowest BCUT2D eigenvalue weighted by molar-refractivity contribution is -0.123. The molecule has 1 atom stereocenters. The van der Waals surface area contributed by atoms with E-state index in [1.54, 1.807) is 6.07 Å². The van der Waals surface area contributed by atoms with Crippen molar-refractivity contribution in [1.82, 2.24) is 10.2 Å². The van der Waals surface area contributed by atoms with Gasteiger partial charge in [-0.1, -0.05) is 12.1 Å². The molecule has 1 saturated heterocycles. The van der Waals surface area contributed by atoms with Crippen LogP contribution in [0, 0.1) is 12.8 Å². The minimum Gasteiger partial charge on any atom is -0.461 e. The van der Waals surface area contributed by atoms with Gasteiger partial charge in [-0.2, -0.15) is 0 Å². The van der Waals surface area contributed by atoms with Gasteiger partial charge in [-0.25, -0.2) is 0 Å². The molecule has 0 bridgehead atoms. The third-order valence-electron chi connectivity index (χ3n) is 4.77. The molecule has 6 heteroatoms. The van der Waals surface area contributed by atoms with Crippen LogP contribution in [0.25, 0.3) is 11.3 Å². The summed E-state index contributed by atoms with van der Waals surface area (Å²) in [4.78, 5) is 25.9. The van der Waals surface area contributed by atoms with Crippen molar-refractivity contribution < 1.29 is 14.0 Å². The number of hydrogen-bond donors (Lipinski definition) is 2. The Labute approximate surface area is 153 Å². The molecule has 2 aromatic rings. The van der Waals surface area contributed by atoms with E-state index in [9.17, 15) is 9.59 Å². The van der Waals surface area contributed by atoms with E-state index in [4.69, 9.17) is 10.2 Å². The van der Waals surface area contributed by atoms with Gasteiger partial charge in [-0.15, -0.1) is 0 Å². The summed E-state index contributed by atoms with van der Waals surface area (Å²) in [5.74, 6) is 1.17. The van der Waals surface area contributed by atoms with Crippen LogP contribution in [0.5, 0.6) is 0 Å². The van der Waals surface area contributed by atoms with Crippen molar-refractivity contribution >= 4 is 11.8 Å². The van der Waals surface area contributed by atoms with Crippen molar-refractivity contribution in [1.29, 1.82) is 0 Å². The zero-order valence-electron chi connectivity index (χ0n) is 15.0. The van der Waals surface area contributed by atoms with E-state index in [1.165, 1.54) is 0 Å². The predicted molar refractivity (Wildman–Crippen MR) is 99.6 cm³/mol. The summed E-state index contributed by atoms with van der Waals surface area (Å²) in [5, 5.41) is 2.95. The molecule has 3 rings (SSSR count). The number of nitrogens with zero attached hydrogens (tertiary/aromatic N) is 1. The normalized spacial score (nSPS) is 17.8. The molecule has 138 valence electrons. The maximum Gasteiger partial charge on any atom is 0.251 e. The molecule has 6 nitrogen and oxygen atoms in total. The second-order valence-electron chi connectivity index (χ2n) is 6.79. The third kappa shape index (κ3) is 4.52. The first-order chi connectivity index (χ1) is 12.5. The van der Waals surface area contributed by atoms with Gasteiger partial charge in [0.15, 0.2) is 0 Å². The van der Waals surface area contributed by atoms with Crippen LogP contribution in [0.3, 0.4) is 0 Å². The van der Waals surface area contributed by atoms with E-state index in [1.807, 2.05) is 37.3 Å². The standard InChI is InChI=1S/C20H25N3O3/c1-14-7-8-18(26-14)15-4-2-5-16(12-15)20(25)22-9-11-23-10-3-6-17(13-23)19(21)24/h2,4-5,7-8,12,17H,3,6,9-11,13H2,1H3,(H2,21,24)(H,22,25). The maximum atomic E-state index is 12.4. The molecule has 2 heterocycles. The smallest absolute Gasteiger partial charge is 0.251 e. The molecule has 1 aromatic carbocycles. The average Bonchev–Trinajstić information content (AvgIpc) is 3.08. The van der Waals surface area contributed by atoms with Crippen LogP contribution in [-0.2, 0) is 4.79 Å². The lowest BCUT2D eigenvalue weighted by Gasteiger charge is -2.31. The van der Waals surface area contributed by atoms with E-state index >= 15 is 0 Å². The van der Waals surface area contributed by atoms with Gasteiger partial charge in [0.25, 0.3) is 5.91 Å². The Balaban J connectivity index is 1.53. The van der Waals surface area contributed by atoms with E-state index in [0.717, 1.165) is 36.5 Å². The fourth-order valence-electron chi connectivity index (χ4n) is 3.32. The number of carbonyl (C=O) groups is 2. The minimum absolute atomic E-state index is 0.0760. The Morgan fingerprint density at radius 1 is 1.31 bits per heavy atom. The van der Waals surface area contributed by atoms with Crippen molar-refractivity contribution in [3.63, 3.8) is 0 Å². The summed E-state index contributed by atoms with van der Waals surface area (Å²) in [7, 11) is 0. The summed E-state index contributed by atoms with van der Waals surface area (Å²) in [6.07, 6.45) is 1.82. The monoisotopic (exact) mass is 355 g/mol. The molecular formula is C20H25N3O3. The third-order valence-corrected chi connectivity index (χ3v) is 4.77. The van der Waals surface area contributed by atoms with Crippen LogP contribution in [-0.4, -0.2) is 42.9 Å². The first-order valence-corrected chi connectivity index (χ1v) is 8.99. The molecule has 3 N–H and O–H groups in total. The van der Waals surface area contributed by atoms with Gasteiger partial charge in [0.1, 0.15) is 11.5 Å². The van der Waals surface area contributed by atoms with Crippen LogP contribution in [0.4, 0.5) is 0 Å². The highest BCUT2D eigenvalue weighted by Gasteiger charge is 2.23. The first-order valence-electron chi connectivity index (χ1n) is 8.99. The number of aryl methyl sites for hydroxylation is 1. The minimum atomic E-state index is -0.233. The van der Waals surface area contributed by atoms with Gasteiger partial charge in [0, 0.05) is 30.8 Å². The number of carbonyl (C=O) groups excluding carboxylic acids is 2. The zero-order chi connectivity index (χ0) is 18.5. The quantitative estimate of drug-likeness (QED) is 0.831. The van der Waals surface area contributed by atoms with Crippen LogP contribution in [0.2, 0.25) is 0 Å². The van der Waals surface area contributed by atoms with Crippen LogP contribution >= 0.6 is 0 Å². The number of likely N-dealkylation sites (tertiary alicyclic amines) is 1. The first kappa shape index (κ1) is 18.2. The number of primary amides is 1. The molecule has 2 amide bonds. The van der Waals surface area contributed by atoms with Crippen molar-refractivity contribution in [2.24, 2.45) is 11.7 Å². The molecule has 1 fully saturated rings. The van der Waals surface area contributed by atoms with Gasteiger partial charge in [0.2, 0.25) is 5.91 Å². The summed E-state index contributed by atoms with van der Waals surface area (Å²) in [6, 6.07) is 11.2. The van der Waals surface area contributed by atoms with Gasteiger partial charge in [-0.3, -0.25) is 9.59 Å². The topological polar surface area (TPSA) is 88.6 Å². The van der Waals surface area contributed by atoms with Crippen molar-refractivity contribution in [3.05, 3.63) is 47.7 Å². The SMILES string of the molecule is Cc1ccc(-c2cccc(C(=O)NCCN3CCCC(C(N)=O)C3)c2)o1. The molecule has 1 unspecified atom stereocenters. The van der Waals surface area contributed by atoms with Gasteiger partial charge >= 0.3 is 0 Å². The summed E-state index contributed by atoms with van der Waals surface area (Å²) < 4.78 is 5.62. The summed E-state index contributed by atoms with van der Waals surface area (Å²) >= 11 is 0. The van der Waals surface area contributed by atoms with Crippen LogP contribution in [0.15, 0.2) is 40.8 Å². The molecule has 26 heavy (non-hydrogen) atoms. The number of nitrogens with one attached hydrogen (secondary N) is 1. The fourth-order valence-corrected chi connectivity index (χ4v) is 3.32. The molecule has 0 saturated carbocycles. The highest BCUT2D eigenvalue weighted by Crippen LogP contribution is 2.22. The number of amides is 2. The van der Waals surface area contributed by atoms with E-state index in [2.05, 4.69) is 10.2 Å². The van der Waals surface area contributed by atoms with Gasteiger partial charge < -0.3 is 20.4 Å². The van der Waals surface area contributed by atoms with Crippen LogP contribution in [0.1, 0.15) is 29.0 Å². The summed E-state index contributed by atoms with van der Waals surface area (Å²) in [6.45, 7) is 4.76. The second-order valence-corrected chi connectivity index (χ2v) is 6.79. The highest BCUT2D eigenvalue weighted by molar-refractivity contribution is 5.95. The number of nitrogens with two attached hydrogens (primary N) is 1. The highest BCUT2D eigenvalue weighted by atomic mass is 16.3. The Bertz CT molecular complexity index is 784. The van der Waals surface area contributed by atoms with Crippen molar-refractivity contribution in [3.8, 4) is 11.3 Å². The van der Waals surface area contributed by atoms with Crippen LogP contribution < -0.4 is 11.1 Å². The molecular weight excluding hydrogens is 330 g/mol. The molecule has 1 aromatic heterocycles. The number of benzene rings is 1. The average molecular weight is 355 g/mol. The zero-order valence-corrected chi connectivity index (χ0v) is 15.0. The lowest BCUT2D eigenvalue weighted by Crippen LogP contribution is -2.44. The van der Waals surface area contributed by atoms with Crippen molar-refractivity contribution in [2.45, 2.75) is 19.8 Å². The molecule has 0 radical (unpaired) electrons.